The number of benzene rings is 2. The third-order valence-corrected chi connectivity index (χ3v) is 6.79. The Morgan fingerprint density at radius 2 is 1.82 bits per heavy atom. The van der Waals surface area contributed by atoms with Crippen molar-refractivity contribution in [1.29, 1.82) is 0 Å². The number of carbonyl (C=O) groups excluding carboxylic acids is 2. The van der Waals surface area contributed by atoms with Gasteiger partial charge in [-0.25, -0.2) is 0 Å². The minimum Gasteiger partial charge on any atom is -0.344 e. The molecule has 6 nitrogen and oxygen atoms in total. The van der Waals surface area contributed by atoms with Gasteiger partial charge in [0.1, 0.15) is 11.0 Å². The molecule has 0 spiro atoms. The lowest BCUT2D eigenvalue weighted by molar-refractivity contribution is -0.129. The fourth-order valence-electron chi connectivity index (χ4n) is 3.52. The van der Waals surface area contributed by atoms with E-state index in [1.807, 2.05) is 61.5 Å². The molecule has 2 unspecified atom stereocenters. The molecule has 2 atom stereocenters. The number of halogens is 1. The molecule has 0 radical (unpaired) electrons. The summed E-state index contributed by atoms with van der Waals surface area (Å²) in [5.41, 5.74) is 1.89. The van der Waals surface area contributed by atoms with Crippen LogP contribution in [0, 0.1) is 5.92 Å². The molecule has 0 aliphatic rings. The predicted molar refractivity (Wildman–Crippen MR) is 137 cm³/mol. The van der Waals surface area contributed by atoms with Crippen molar-refractivity contribution in [2.45, 2.75) is 52.0 Å². The van der Waals surface area contributed by atoms with E-state index in [0.29, 0.717) is 16.6 Å². The molecule has 33 heavy (non-hydrogen) atoms. The summed E-state index contributed by atoms with van der Waals surface area (Å²) in [7, 11) is 0. The van der Waals surface area contributed by atoms with Gasteiger partial charge in [0.15, 0.2) is 0 Å². The van der Waals surface area contributed by atoms with Gasteiger partial charge in [0.05, 0.1) is 0 Å². The lowest BCUT2D eigenvalue weighted by Gasteiger charge is -2.21. The Labute approximate surface area is 207 Å². The average Bonchev–Trinajstić information content (AvgIpc) is 3.28. The van der Waals surface area contributed by atoms with E-state index in [4.69, 9.17) is 0 Å². The first-order valence-electron chi connectivity index (χ1n) is 11.2. The Balaban J connectivity index is 1.74. The summed E-state index contributed by atoms with van der Waals surface area (Å²) in [6.07, 6.45) is 4.00. The number of amides is 2. The van der Waals surface area contributed by atoms with Crippen molar-refractivity contribution < 1.29 is 9.59 Å². The van der Waals surface area contributed by atoms with Gasteiger partial charge in [0.2, 0.25) is 16.9 Å². The monoisotopic (exact) mass is 528 g/mol. The molecule has 0 aliphatic carbocycles. The van der Waals surface area contributed by atoms with Crippen LogP contribution in [-0.4, -0.2) is 28.1 Å². The number of carbonyl (C=O) groups is 2. The van der Waals surface area contributed by atoms with Crippen LogP contribution >= 0.6 is 27.3 Å². The van der Waals surface area contributed by atoms with Crippen LogP contribution in [0.25, 0.3) is 10.6 Å². The fraction of sp³-hybridized carbons (Fsp3) is 0.360. The van der Waals surface area contributed by atoms with Gasteiger partial charge in [-0.15, -0.1) is 10.2 Å². The van der Waals surface area contributed by atoms with E-state index < -0.39 is 6.04 Å². The minimum atomic E-state index is -0.700. The van der Waals surface area contributed by atoms with E-state index in [-0.39, 0.29) is 17.7 Å². The number of anilines is 1. The summed E-state index contributed by atoms with van der Waals surface area (Å²) in [5, 5.41) is 15.3. The summed E-state index contributed by atoms with van der Waals surface area (Å²) in [5.74, 6) is -0.468. The maximum atomic E-state index is 13.2. The van der Waals surface area contributed by atoms with Crippen LogP contribution in [0.1, 0.15) is 45.1 Å². The van der Waals surface area contributed by atoms with Crippen LogP contribution in [0.15, 0.2) is 59.1 Å². The molecule has 2 amide bonds. The summed E-state index contributed by atoms with van der Waals surface area (Å²) in [6.45, 7) is 4.12. The zero-order valence-electron chi connectivity index (χ0n) is 18.9. The molecule has 2 aromatic carbocycles. The van der Waals surface area contributed by atoms with Crippen molar-refractivity contribution in [2.24, 2.45) is 5.92 Å². The van der Waals surface area contributed by atoms with Crippen molar-refractivity contribution in [2.75, 3.05) is 5.32 Å². The quantitative estimate of drug-likeness (QED) is 0.327. The van der Waals surface area contributed by atoms with Crippen molar-refractivity contribution in [3.63, 3.8) is 0 Å². The molecule has 3 rings (SSSR count). The molecule has 2 N–H and O–H groups in total. The first-order chi connectivity index (χ1) is 16.0. The van der Waals surface area contributed by atoms with Gasteiger partial charge >= 0.3 is 0 Å². The molecular weight excluding hydrogens is 500 g/mol. The first kappa shape index (κ1) is 25.1. The lowest BCUT2D eigenvalue weighted by atomic mass is 9.97. The number of nitrogens with zero attached hydrogens (tertiary/aromatic N) is 2. The van der Waals surface area contributed by atoms with Crippen molar-refractivity contribution in [3.8, 4) is 10.6 Å². The van der Waals surface area contributed by atoms with Crippen LogP contribution in [-0.2, 0) is 16.0 Å². The van der Waals surface area contributed by atoms with Crippen molar-refractivity contribution in [1.82, 2.24) is 15.5 Å². The first-order valence-corrected chi connectivity index (χ1v) is 12.9. The van der Waals surface area contributed by atoms with Gasteiger partial charge in [-0.2, -0.15) is 0 Å². The molecule has 0 aliphatic heterocycles. The van der Waals surface area contributed by atoms with Gasteiger partial charge in [0.25, 0.3) is 0 Å². The van der Waals surface area contributed by atoms with E-state index >= 15 is 0 Å². The van der Waals surface area contributed by atoms with E-state index in [1.165, 1.54) is 11.3 Å². The highest BCUT2D eigenvalue weighted by atomic mass is 79.9. The number of aromatic nitrogens is 2. The van der Waals surface area contributed by atoms with Crippen molar-refractivity contribution >= 4 is 44.2 Å². The smallest absolute Gasteiger partial charge is 0.249 e. The van der Waals surface area contributed by atoms with Crippen LogP contribution in [0.4, 0.5) is 5.13 Å². The zero-order chi connectivity index (χ0) is 23.6. The largest absolute Gasteiger partial charge is 0.344 e. The second-order valence-electron chi connectivity index (χ2n) is 7.91. The normalized spacial score (nSPS) is 12.7. The van der Waals surface area contributed by atoms with Crippen LogP contribution in [0.2, 0.25) is 0 Å². The molecule has 1 aromatic heterocycles. The number of rotatable bonds is 11. The van der Waals surface area contributed by atoms with Crippen molar-refractivity contribution in [3.05, 3.63) is 64.6 Å². The van der Waals surface area contributed by atoms with Crippen LogP contribution in [0.5, 0.6) is 0 Å². The Morgan fingerprint density at radius 1 is 1.03 bits per heavy atom. The molecule has 8 heteroatoms. The Kier molecular flexibility index (Phi) is 9.57. The second kappa shape index (κ2) is 12.6. The highest BCUT2D eigenvalue weighted by Gasteiger charge is 2.26. The fourth-order valence-corrected chi connectivity index (χ4v) is 4.67. The summed E-state index contributed by atoms with van der Waals surface area (Å²) in [6, 6.07) is 16.8. The van der Waals surface area contributed by atoms with Gasteiger partial charge in [-0.3, -0.25) is 14.9 Å². The van der Waals surface area contributed by atoms with Gasteiger partial charge in [-0.05, 0) is 30.5 Å². The summed E-state index contributed by atoms with van der Waals surface area (Å²) in [4.78, 5) is 26.1. The third-order valence-electron chi connectivity index (χ3n) is 5.41. The van der Waals surface area contributed by atoms with Crippen LogP contribution in [0.3, 0.4) is 0 Å². The maximum absolute atomic E-state index is 13.2. The number of unbranched alkanes of at least 4 members (excludes halogenated alkanes) is 1. The highest BCUT2D eigenvalue weighted by molar-refractivity contribution is 9.10. The molecule has 0 bridgehead atoms. The molecule has 0 fully saturated rings. The summed E-state index contributed by atoms with van der Waals surface area (Å²) < 4.78 is 0.944. The summed E-state index contributed by atoms with van der Waals surface area (Å²) >= 11 is 4.76. The third kappa shape index (κ3) is 7.47. The Bertz CT molecular complexity index is 1060. The highest BCUT2D eigenvalue weighted by Crippen LogP contribution is 2.28. The van der Waals surface area contributed by atoms with E-state index in [2.05, 4.69) is 43.7 Å². The molecule has 0 saturated heterocycles. The predicted octanol–water partition coefficient (Wildman–Crippen LogP) is 5.85. The number of nitrogens with one attached hydrogen (secondary N) is 2. The second-order valence-corrected chi connectivity index (χ2v) is 9.80. The maximum Gasteiger partial charge on any atom is 0.249 e. The Morgan fingerprint density at radius 3 is 2.52 bits per heavy atom. The van der Waals surface area contributed by atoms with E-state index in [9.17, 15) is 9.59 Å². The SMILES string of the molecule is CCCCC(CC)C(=O)NC(Cc1ccccc1)C(=O)Nc1nnc(-c2cccc(Br)c2)s1. The van der Waals surface area contributed by atoms with Gasteiger partial charge < -0.3 is 5.32 Å². The zero-order valence-corrected chi connectivity index (χ0v) is 21.3. The number of hydrogen-bond donors (Lipinski definition) is 2. The Hall–Kier alpha value is -2.58. The standard InChI is InChI=1S/C25H29BrN4O2S/c1-3-5-12-18(4-2)22(31)27-21(15-17-10-7-6-8-11-17)23(32)28-25-30-29-24(33-25)19-13-9-14-20(26)16-19/h6-11,13-14,16,18,21H,3-5,12,15H2,1-2H3,(H,27,31)(H,28,30,32). The van der Waals surface area contributed by atoms with Gasteiger partial charge in [-0.1, -0.05) is 96.4 Å². The topological polar surface area (TPSA) is 84.0 Å². The van der Waals surface area contributed by atoms with Crippen LogP contribution < -0.4 is 10.6 Å². The molecular formula is C25H29BrN4O2S. The lowest BCUT2D eigenvalue weighted by Crippen LogP contribution is -2.47. The van der Waals surface area contributed by atoms with Gasteiger partial charge in [0, 0.05) is 22.4 Å². The molecule has 3 aromatic rings. The average molecular weight is 530 g/mol. The molecule has 0 saturated carbocycles. The molecule has 174 valence electrons. The minimum absolute atomic E-state index is 0.0749. The van der Waals surface area contributed by atoms with E-state index in [1.54, 1.807) is 0 Å². The van der Waals surface area contributed by atoms with E-state index in [0.717, 1.165) is 41.3 Å². The number of hydrogen-bond acceptors (Lipinski definition) is 5. The molecule has 1 heterocycles.